The first kappa shape index (κ1) is 9.92. The van der Waals surface area contributed by atoms with Crippen molar-refractivity contribution in [1.82, 2.24) is 4.98 Å². The van der Waals surface area contributed by atoms with E-state index in [1.807, 2.05) is 6.20 Å². The van der Waals surface area contributed by atoms with E-state index in [0.717, 1.165) is 4.51 Å². The second kappa shape index (κ2) is 4.27. The van der Waals surface area contributed by atoms with E-state index in [-0.39, 0.29) is 0 Å². The van der Waals surface area contributed by atoms with Crippen molar-refractivity contribution >= 4 is 4.29 Å². The van der Waals surface area contributed by atoms with Gasteiger partial charge in [0, 0.05) is 0 Å². The predicted molar refractivity (Wildman–Crippen MR) is 57.4 cm³/mol. The van der Waals surface area contributed by atoms with Gasteiger partial charge in [0.25, 0.3) is 0 Å². The second-order valence-corrected chi connectivity index (χ2v) is 9.01. The molecule has 1 aliphatic rings. The maximum atomic E-state index is 3.39. The minimum atomic E-state index is -0.973. The van der Waals surface area contributed by atoms with Gasteiger partial charge in [0.05, 0.1) is 0 Å². The summed E-state index contributed by atoms with van der Waals surface area (Å²) in [5.41, 5.74) is 0. The molecule has 14 heavy (non-hydrogen) atoms. The van der Waals surface area contributed by atoms with Crippen molar-refractivity contribution in [3.63, 3.8) is 0 Å². The van der Waals surface area contributed by atoms with Crippen LogP contribution in [0.5, 0.6) is 0 Å². The van der Waals surface area contributed by atoms with E-state index in [0.29, 0.717) is 0 Å². The van der Waals surface area contributed by atoms with E-state index < -0.39 is 16.0 Å². The summed E-state index contributed by atoms with van der Waals surface area (Å²) in [6, 6.07) is 4.36. The van der Waals surface area contributed by atoms with Gasteiger partial charge in [-0.3, -0.25) is 0 Å². The van der Waals surface area contributed by atoms with Crippen molar-refractivity contribution in [2.24, 2.45) is 0 Å². The molecule has 0 radical (unpaired) electrons. The first-order valence-electron chi connectivity index (χ1n) is 4.92. The first-order valence-corrected chi connectivity index (χ1v) is 7.67. The molecule has 0 saturated heterocycles. The summed E-state index contributed by atoms with van der Waals surface area (Å²) in [6.07, 6.45) is 10.0. The van der Waals surface area contributed by atoms with E-state index in [1.54, 1.807) is 4.17 Å². The number of H-pyrrole nitrogens is 1. The van der Waals surface area contributed by atoms with Gasteiger partial charge in [-0.25, -0.2) is 0 Å². The Bertz CT molecular complexity index is 346. The normalized spacial score (nSPS) is 16.2. The molecule has 2 heteroatoms. The standard InChI is InChI=1S/C5H5.C4H4N.C3H7.Ru/c2*1-2-4-5-3-1;1-3-2;/h1-3H,4H2;1-3,5H;3H,1-2H3;. The molecule has 0 bridgehead atoms. The zero-order valence-electron chi connectivity index (χ0n) is 8.60. The van der Waals surface area contributed by atoms with Crippen LogP contribution in [0.2, 0.25) is 4.51 Å². The van der Waals surface area contributed by atoms with Crippen molar-refractivity contribution < 1.29 is 16.0 Å². The fourth-order valence-corrected chi connectivity index (χ4v) is 6.52. The number of hydrogen-bond donors (Lipinski definition) is 1. The third kappa shape index (κ3) is 1.90. The first-order chi connectivity index (χ1) is 6.79. The summed E-state index contributed by atoms with van der Waals surface area (Å²) in [6.45, 7) is 4.69. The second-order valence-electron chi connectivity index (χ2n) is 3.51. The van der Waals surface area contributed by atoms with Gasteiger partial charge in [0.15, 0.2) is 0 Å². The van der Waals surface area contributed by atoms with Gasteiger partial charge in [-0.2, -0.15) is 0 Å². The van der Waals surface area contributed by atoms with Crippen LogP contribution in [-0.4, -0.2) is 4.98 Å². The summed E-state index contributed by atoms with van der Waals surface area (Å²) < 4.78 is 3.96. The molecule has 1 nitrogen and oxygen atoms in total. The molecule has 1 aliphatic carbocycles. The van der Waals surface area contributed by atoms with E-state index in [1.165, 1.54) is 10.7 Å². The van der Waals surface area contributed by atoms with Gasteiger partial charge in [0.1, 0.15) is 0 Å². The number of aromatic nitrogens is 1. The Morgan fingerprint density at radius 3 is 2.79 bits per heavy atom. The Morgan fingerprint density at radius 2 is 2.29 bits per heavy atom. The van der Waals surface area contributed by atoms with E-state index in [9.17, 15) is 0 Å². The molecule has 0 amide bonds. The Kier molecular flexibility index (Phi) is 3.03. The third-order valence-corrected chi connectivity index (χ3v) is 7.53. The van der Waals surface area contributed by atoms with Crippen LogP contribution in [0.4, 0.5) is 0 Å². The average Bonchev–Trinajstić information content (AvgIpc) is 2.75. The van der Waals surface area contributed by atoms with E-state index in [2.05, 4.69) is 49.2 Å². The van der Waals surface area contributed by atoms with Crippen molar-refractivity contribution in [3.8, 4) is 0 Å². The number of allylic oxidation sites excluding steroid dienone is 4. The van der Waals surface area contributed by atoms with Crippen molar-refractivity contribution in [1.29, 1.82) is 0 Å². The molecular weight excluding hydrogens is 259 g/mol. The van der Waals surface area contributed by atoms with Crippen LogP contribution in [0.3, 0.4) is 0 Å². The Morgan fingerprint density at radius 1 is 1.43 bits per heavy atom. The average molecular weight is 275 g/mol. The van der Waals surface area contributed by atoms with Crippen LogP contribution >= 0.6 is 0 Å². The van der Waals surface area contributed by atoms with Crippen LogP contribution in [0.1, 0.15) is 20.3 Å². The molecule has 2 rings (SSSR count). The number of aromatic amines is 1. The Balaban J connectivity index is 2.25. The van der Waals surface area contributed by atoms with Gasteiger partial charge < -0.3 is 0 Å². The van der Waals surface area contributed by atoms with Crippen molar-refractivity contribution in [2.75, 3.05) is 0 Å². The summed E-state index contributed by atoms with van der Waals surface area (Å²) >= 11 is -0.973. The zero-order chi connectivity index (χ0) is 9.97. The minimum absolute atomic E-state index is 0.796. The van der Waals surface area contributed by atoms with Crippen LogP contribution in [0, 0.1) is 0 Å². The topological polar surface area (TPSA) is 15.8 Å². The molecule has 0 fully saturated rings. The summed E-state index contributed by atoms with van der Waals surface area (Å²) in [5.74, 6) is 0. The fraction of sp³-hybridized carbons (Fsp3) is 0.333. The van der Waals surface area contributed by atoms with Gasteiger partial charge in [0.2, 0.25) is 0 Å². The molecule has 1 N–H and O–H groups in total. The van der Waals surface area contributed by atoms with Gasteiger partial charge in [-0.05, 0) is 0 Å². The quantitative estimate of drug-likeness (QED) is 0.816. The zero-order valence-corrected chi connectivity index (χ0v) is 10.3. The number of rotatable bonds is 3. The SMILES string of the molecule is C[CH](C)[Ru]([C]1=CC=CC1)[c]1ccc[nH]1. The summed E-state index contributed by atoms with van der Waals surface area (Å²) in [4.78, 5) is 3.39. The molecule has 0 aliphatic heterocycles. The molecule has 0 unspecified atom stereocenters. The van der Waals surface area contributed by atoms with Gasteiger partial charge in [-0.15, -0.1) is 0 Å². The summed E-state index contributed by atoms with van der Waals surface area (Å²) in [5, 5.41) is 0. The fourth-order valence-electron chi connectivity index (χ4n) is 1.58. The van der Waals surface area contributed by atoms with Gasteiger partial charge in [-0.1, -0.05) is 0 Å². The monoisotopic (exact) mass is 276 g/mol. The molecule has 0 saturated carbocycles. The molecule has 0 spiro atoms. The van der Waals surface area contributed by atoms with Crippen molar-refractivity contribution in [2.45, 2.75) is 24.8 Å². The van der Waals surface area contributed by atoms with Gasteiger partial charge >= 0.3 is 90.7 Å². The molecule has 1 aromatic heterocycles. The van der Waals surface area contributed by atoms with Crippen LogP contribution in [0.15, 0.2) is 40.7 Å². The third-order valence-electron chi connectivity index (χ3n) is 2.13. The Hall–Kier alpha value is -0.617. The maximum absolute atomic E-state index is 3.39. The molecule has 0 atom stereocenters. The van der Waals surface area contributed by atoms with E-state index in [4.69, 9.17) is 0 Å². The van der Waals surface area contributed by atoms with Crippen LogP contribution < -0.4 is 4.29 Å². The van der Waals surface area contributed by atoms with Crippen molar-refractivity contribution in [3.05, 3.63) is 40.7 Å². The molecule has 0 aromatic carbocycles. The van der Waals surface area contributed by atoms with E-state index >= 15 is 0 Å². The predicted octanol–water partition coefficient (Wildman–Crippen LogP) is 2.93. The summed E-state index contributed by atoms with van der Waals surface area (Å²) in [7, 11) is 0. The molecule has 1 aromatic rings. The molecule has 1 heterocycles. The number of nitrogens with one attached hydrogen (secondary N) is 1. The molecule has 77 valence electrons. The molecular formula is C12H16NRu. The number of hydrogen-bond acceptors (Lipinski definition) is 0. The Labute approximate surface area is 90.8 Å². The van der Waals surface area contributed by atoms with Crippen LogP contribution in [-0.2, 0) is 16.0 Å². The van der Waals surface area contributed by atoms with Crippen LogP contribution in [0.25, 0.3) is 0 Å².